The van der Waals surface area contributed by atoms with Gasteiger partial charge in [0, 0.05) is 47.8 Å². The van der Waals surface area contributed by atoms with Crippen LogP contribution in [-0.4, -0.2) is 64.7 Å². The Morgan fingerprint density at radius 1 is 1.11 bits per heavy atom. The normalized spacial score (nSPS) is 18.0. The molecule has 2 aromatic carbocycles. The molecule has 1 spiro atoms. The summed E-state index contributed by atoms with van der Waals surface area (Å²) in [6.45, 7) is 5.03. The van der Waals surface area contributed by atoms with Crippen LogP contribution in [0.2, 0.25) is 0 Å². The first kappa shape index (κ1) is 26.0. The molecule has 2 amide bonds. The van der Waals surface area contributed by atoms with Crippen LogP contribution in [0, 0.1) is 0 Å². The first-order valence-corrected chi connectivity index (χ1v) is 13.5. The lowest BCUT2D eigenvalue weighted by molar-refractivity contribution is -0.0233. The Labute approximate surface area is 228 Å². The molecule has 1 saturated heterocycles. The largest absolute Gasteiger partial charge is 0.487 e. The van der Waals surface area contributed by atoms with Gasteiger partial charge >= 0.3 is 12.2 Å². The predicted octanol–water partition coefficient (Wildman–Crippen LogP) is 5.05. The number of halogens is 1. The third kappa shape index (κ3) is 4.94. The second kappa shape index (κ2) is 10.6. The molecular weight excluding hydrogens is 556 g/mol. The number of carbonyl (C=O) groups is 3. The molecule has 11 heteroatoms. The number of nitrogens with zero attached hydrogens (tertiary/aromatic N) is 3. The van der Waals surface area contributed by atoms with Crippen molar-refractivity contribution in [3.8, 4) is 5.75 Å². The van der Waals surface area contributed by atoms with E-state index in [1.165, 1.54) is 6.20 Å². The standard InChI is InChI=1S/C27H29BrN4O6/c1-3-36-25(34)31-12-10-27(11-13-31)15-21(20-14-18(28)8-9-22(20)38-27)30-24(33)19-7-5-6-17-16-29-32(23(17)19)26(35)37-4-2/h5-9,14,16,21H,3-4,10-13,15H2,1-2H3,(H,30,33)/t21-/m0/s1. The molecule has 5 rings (SSSR count). The Kier molecular flexibility index (Phi) is 7.29. The molecule has 1 atom stereocenters. The van der Waals surface area contributed by atoms with Crippen molar-refractivity contribution >= 4 is 44.9 Å². The van der Waals surface area contributed by atoms with Crippen LogP contribution < -0.4 is 10.1 Å². The Morgan fingerprint density at radius 3 is 2.58 bits per heavy atom. The number of hydrogen-bond acceptors (Lipinski definition) is 7. The summed E-state index contributed by atoms with van der Waals surface area (Å²) in [5, 5.41) is 7.99. The summed E-state index contributed by atoms with van der Waals surface area (Å²) in [5.74, 6) is 0.364. The SMILES string of the molecule is CCOC(=O)N1CCC2(CC1)C[C@H](NC(=O)c1cccc3cnn(C(=O)OCC)c13)c1cc(Br)ccc1O2. The Balaban J connectivity index is 1.43. The van der Waals surface area contributed by atoms with Gasteiger partial charge in [0.15, 0.2) is 0 Å². The molecule has 2 aliphatic rings. The Bertz CT molecular complexity index is 1380. The molecule has 38 heavy (non-hydrogen) atoms. The molecule has 10 nitrogen and oxygen atoms in total. The quantitative estimate of drug-likeness (QED) is 0.456. The van der Waals surface area contributed by atoms with Gasteiger partial charge in [-0.15, -0.1) is 0 Å². The molecule has 3 heterocycles. The third-order valence-electron chi connectivity index (χ3n) is 7.03. The average molecular weight is 585 g/mol. The maximum Gasteiger partial charge on any atom is 0.435 e. The van der Waals surface area contributed by atoms with E-state index in [1.807, 2.05) is 18.2 Å². The molecule has 0 aliphatic carbocycles. The first-order valence-electron chi connectivity index (χ1n) is 12.7. The van der Waals surface area contributed by atoms with Crippen molar-refractivity contribution in [2.24, 2.45) is 0 Å². The van der Waals surface area contributed by atoms with Crippen molar-refractivity contribution < 1.29 is 28.6 Å². The summed E-state index contributed by atoms with van der Waals surface area (Å²) in [5.41, 5.74) is 1.03. The maximum absolute atomic E-state index is 13.7. The number of ether oxygens (including phenoxy) is 3. The summed E-state index contributed by atoms with van der Waals surface area (Å²) >= 11 is 3.53. The third-order valence-corrected chi connectivity index (χ3v) is 7.53. The van der Waals surface area contributed by atoms with Gasteiger partial charge in [0.05, 0.1) is 36.5 Å². The predicted molar refractivity (Wildman–Crippen MR) is 142 cm³/mol. The maximum atomic E-state index is 13.7. The fourth-order valence-corrected chi connectivity index (χ4v) is 5.59. The zero-order valence-corrected chi connectivity index (χ0v) is 22.8. The van der Waals surface area contributed by atoms with Crippen molar-refractivity contribution in [2.45, 2.75) is 44.8 Å². The molecule has 0 radical (unpaired) electrons. The molecule has 0 saturated carbocycles. The summed E-state index contributed by atoms with van der Waals surface area (Å²) in [6, 6.07) is 10.6. The molecule has 1 N–H and O–H groups in total. The molecule has 2 aliphatic heterocycles. The number of hydrogen-bond donors (Lipinski definition) is 1. The molecule has 0 bridgehead atoms. The van der Waals surface area contributed by atoms with Gasteiger partial charge in [-0.05, 0) is 38.1 Å². The highest BCUT2D eigenvalue weighted by atomic mass is 79.9. The van der Waals surface area contributed by atoms with Crippen LogP contribution in [-0.2, 0) is 9.47 Å². The minimum atomic E-state index is -0.643. The fraction of sp³-hybridized carbons (Fsp3) is 0.407. The van der Waals surface area contributed by atoms with Gasteiger partial charge in [-0.25, -0.2) is 9.59 Å². The fourth-order valence-electron chi connectivity index (χ4n) is 5.21. The van der Waals surface area contributed by atoms with Crippen molar-refractivity contribution in [2.75, 3.05) is 26.3 Å². The number of para-hydroxylation sites is 1. The second-order valence-electron chi connectivity index (χ2n) is 9.38. The minimum Gasteiger partial charge on any atom is -0.487 e. The number of amides is 2. The molecule has 1 aromatic heterocycles. The zero-order valence-electron chi connectivity index (χ0n) is 21.2. The van der Waals surface area contributed by atoms with Crippen LogP contribution in [0.15, 0.2) is 47.1 Å². The number of fused-ring (bicyclic) bond motifs is 2. The van der Waals surface area contributed by atoms with E-state index in [4.69, 9.17) is 14.2 Å². The lowest BCUT2D eigenvalue weighted by Crippen LogP contribution is -2.53. The lowest BCUT2D eigenvalue weighted by Gasteiger charge is -2.46. The van der Waals surface area contributed by atoms with Crippen molar-refractivity contribution in [3.63, 3.8) is 0 Å². The minimum absolute atomic E-state index is 0.192. The van der Waals surface area contributed by atoms with E-state index in [9.17, 15) is 14.4 Å². The number of nitrogens with one attached hydrogen (secondary N) is 1. The van der Waals surface area contributed by atoms with E-state index < -0.39 is 11.7 Å². The number of carbonyl (C=O) groups excluding carboxylic acids is 3. The molecule has 1 fully saturated rings. The van der Waals surface area contributed by atoms with Gasteiger partial charge in [-0.1, -0.05) is 28.1 Å². The van der Waals surface area contributed by atoms with E-state index in [1.54, 1.807) is 36.9 Å². The van der Waals surface area contributed by atoms with Gasteiger partial charge in [0.1, 0.15) is 11.4 Å². The molecule has 200 valence electrons. The van der Waals surface area contributed by atoms with E-state index in [2.05, 4.69) is 26.3 Å². The van der Waals surface area contributed by atoms with E-state index in [0.29, 0.717) is 61.2 Å². The second-order valence-corrected chi connectivity index (χ2v) is 10.3. The highest BCUT2D eigenvalue weighted by molar-refractivity contribution is 9.10. The summed E-state index contributed by atoms with van der Waals surface area (Å²) < 4.78 is 18.8. The zero-order chi connectivity index (χ0) is 26.9. The molecular formula is C27H29BrN4O6. The number of rotatable bonds is 4. The monoisotopic (exact) mass is 584 g/mol. The van der Waals surface area contributed by atoms with E-state index in [-0.39, 0.29) is 24.6 Å². The Hall–Kier alpha value is -3.60. The molecule has 3 aromatic rings. The molecule has 0 unspecified atom stereocenters. The topological polar surface area (TPSA) is 112 Å². The Morgan fingerprint density at radius 2 is 1.84 bits per heavy atom. The van der Waals surface area contributed by atoms with Crippen LogP contribution in [0.1, 0.15) is 55.1 Å². The van der Waals surface area contributed by atoms with E-state index >= 15 is 0 Å². The van der Waals surface area contributed by atoms with Crippen LogP contribution in [0.3, 0.4) is 0 Å². The van der Waals surface area contributed by atoms with Crippen LogP contribution in [0.4, 0.5) is 9.59 Å². The van der Waals surface area contributed by atoms with Gasteiger partial charge in [-0.3, -0.25) is 4.79 Å². The van der Waals surface area contributed by atoms with Crippen molar-refractivity contribution in [1.82, 2.24) is 20.0 Å². The summed E-state index contributed by atoms with van der Waals surface area (Å²) in [6.07, 6.45) is 2.33. The van der Waals surface area contributed by atoms with Crippen LogP contribution in [0.25, 0.3) is 10.9 Å². The van der Waals surface area contributed by atoms with Gasteiger partial charge < -0.3 is 24.4 Å². The van der Waals surface area contributed by atoms with Crippen LogP contribution >= 0.6 is 15.9 Å². The summed E-state index contributed by atoms with van der Waals surface area (Å²) in [4.78, 5) is 40.1. The highest BCUT2D eigenvalue weighted by Crippen LogP contribution is 2.45. The van der Waals surface area contributed by atoms with Gasteiger partial charge in [0.2, 0.25) is 0 Å². The number of benzene rings is 2. The van der Waals surface area contributed by atoms with Crippen molar-refractivity contribution in [3.05, 3.63) is 58.2 Å². The first-order chi connectivity index (χ1) is 18.3. The van der Waals surface area contributed by atoms with Crippen LogP contribution in [0.5, 0.6) is 5.75 Å². The average Bonchev–Trinajstić information content (AvgIpc) is 3.34. The lowest BCUT2D eigenvalue weighted by atomic mass is 9.80. The summed E-state index contributed by atoms with van der Waals surface area (Å²) in [7, 11) is 0. The number of piperidine rings is 1. The van der Waals surface area contributed by atoms with Gasteiger partial charge in [0.25, 0.3) is 5.91 Å². The number of likely N-dealkylation sites (tertiary alicyclic amines) is 1. The smallest absolute Gasteiger partial charge is 0.435 e. The van der Waals surface area contributed by atoms with Crippen molar-refractivity contribution in [1.29, 1.82) is 0 Å². The highest BCUT2D eigenvalue weighted by Gasteiger charge is 2.45. The van der Waals surface area contributed by atoms with Gasteiger partial charge in [-0.2, -0.15) is 9.78 Å². The number of aromatic nitrogens is 2. The van der Waals surface area contributed by atoms with E-state index in [0.717, 1.165) is 14.7 Å².